The number of aliphatic hydroxyl groups is 1. The summed E-state index contributed by atoms with van der Waals surface area (Å²) in [6.07, 6.45) is 2.73. The Bertz CT molecular complexity index is 571. The van der Waals surface area contributed by atoms with E-state index in [2.05, 4.69) is 10.1 Å². The van der Waals surface area contributed by atoms with E-state index in [0.29, 0.717) is 5.56 Å². The van der Waals surface area contributed by atoms with Crippen LogP contribution in [-0.4, -0.2) is 48.8 Å². The molecule has 0 spiro atoms. The van der Waals surface area contributed by atoms with Crippen LogP contribution in [0.2, 0.25) is 0 Å². The van der Waals surface area contributed by atoms with E-state index in [1.54, 1.807) is 37.3 Å². The fraction of sp³-hybridized carbons (Fsp3) is 0.312. The Morgan fingerprint density at radius 1 is 1.35 bits per heavy atom. The molecule has 1 aromatic carbocycles. The fourth-order valence-electron chi connectivity index (χ4n) is 1.90. The molecular weight excluding hydrogens is 302 g/mol. The van der Waals surface area contributed by atoms with Gasteiger partial charge in [0.15, 0.2) is 6.04 Å². The zero-order valence-electron chi connectivity index (χ0n) is 12.9. The number of nitrogens with one attached hydrogen (secondary N) is 1. The van der Waals surface area contributed by atoms with E-state index >= 15 is 0 Å². The third-order valence-electron chi connectivity index (χ3n) is 3.04. The summed E-state index contributed by atoms with van der Waals surface area (Å²) in [4.78, 5) is 34.7. The lowest BCUT2D eigenvalue weighted by molar-refractivity contribution is -0.169. The summed E-state index contributed by atoms with van der Waals surface area (Å²) >= 11 is 0. The van der Waals surface area contributed by atoms with Crippen molar-refractivity contribution in [2.75, 3.05) is 13.7 Å². The number of carbonyl (C=O) groups is 3. The summed E-state index contributed by atoms with van der Waals surface area (Å²) in [5, 5.41) is 12.7. The highest BCUT2D eigenvalue weighted by Crippen LogP contribution is 2.19. The Hall–Kier alpha value is -2.67. The molecule has 0 saturated heterocycles. The van der Waals surface area contributed by atoms with Gasteiger partial charge in [-0.25, -0.2) is 9.59 Å². The first-order chi connectivity index (χ1) is 11.0. The topological polar surface area (TPSA) is 102 Å². The lowest BCUT2D eigenvalue weighted by Crippen LogP contribution is -2.59. The first-order valence-corrected chi connectivity index (χ1v) is 6.91. The van der Waals surface area contributed by atoms with Gasteiger partial charge in [0, 0.05) is 0 Å². The monoisotopic (exact) mass is 321 g/mol. The number of amides is 1. The van der Waals surface area contributed by atoms with Crippen molar-refractivity contribution in [3.63, 3.8) is 0 Å². The SMILES string of the molecule is CCOC(=O)[C@H](NC=O)[C@](O)(/C=C/c1ccccc1)C(=O)OC. The van der Waals surface area contributed by atoms with Gasteiger partial charge in [-0.05, 0) is 18.6 Å². The van der Waals surface area contributed by atoms with Gasteiger partial charge in [0.25, 0.3) is 0 Å². The van der Waals surface area contributed by atoms with Crippen molar-refractivity contribution in [3.8, 4) is 0 Å². The summed E-state index contributed by atoms with van der Waals surface area (Å²) < 4.78 is 9.34. The smallest absolute Gasteiger partial charge is 0.344 e. The predicted molar refractivity (Wildman–Crippen MR) is 82.1 cm³/mol. The molecule has 23 heavy (non-hydrogen) atoms. The van der Waals surface area contributed by atoms with Crippen LogP contribution in [0.25, 0.3) is 6.08 Å². The number of carbonyl (C=O) groups excluding carboxylic acids is 3. The Kier molecular flexibility index (Phi) is 6.95. The third-order valence-corrected chi connectivity index (χ3v) is 3.04. The van der Waals surface area contributed by atoms with Gasteiger partial charge in [-0.1, -0.05) is 36.4 Å². The molecule has 2 atom stereocenters. The van der Waals surface area contributed by atoms with Gasteiger partial charge in [-0.15, -0.1) is 0 Å². The Morgan fingerprint density at radius 2 is 2.00 bits per heavy atom. The number of hydrogen-bond acceptors (Lipinski definition) is 6. The molecule has 124 valence electrons. The number of hydrogen-bond donors (Lipinski definition) is 2. The molecule has 0 unspecified atom stereocenters. The van der Waals surface area contributed by atoms with Crippen molar-refractivity contribution in [1.29, 1.82) is 0 Å². The number of rotatable bonds is 8. The van der Waals surface area contributed by atoms with Crippen LogP contribution in [0.3, 0.4) is 0 Å². The summed E-state index contributed by atoms with van der Waals surface area (Å²) in [6, 6.07) is 7.18. The normalized spacial score (nSPS) is 14.6. The molecule has 1 aromatic rings. The second-order valence-corrected chi connectivity index (χ2v) is 4.53. The molecule has 0 heterocycles. The van der Waals surface area contributed by atoms with Crippen LogP contribution < -0.4 is 5.32 Å². The van der Waals surface area contributed by atoms with Crippen LogP contribution in [0.1, 0.15) is 12.5 Å². The summed E-state index contributed by atoms with van der Waals surface area (Å²) in [6.45, 7) is 1.59. The molecule has 7 nitrogen and oxygen atoms in total. The molecule has 0 aliphatic rings. The van der Waals surface area contributed by atoms with E-state index in [0.717, 1.165) is 13.2 Å². The molecule has 0 saturated carbocycles. The molecule has 0 fully saturated rings. The van der Waals surface area contributed by atoms with Crippen LogP contribution in [0, 0.1) is 0 Å². The van der Waals surface area contributed by atoms with Crippen LogP contribution in [0.4, 0.5) is 0 Å². The zero-order valence-corrected chi connectivity index (χ0v) is 12.9. The van der Waals surface area contributed by atoms with Crippen molar-refractivity contribution in [3.05, 3.63) is 42.0 Å². The fourth-order valence-corrected chi connectivity index (χ4v) is 1.90. The molecule has 0 aliphatic carbocycles. The summed E-state index contributed by atoms with van der Waals surface area (Å²) in [5.41, 5.74) is -1.72. The zero-order chi connectivity index (χ0) is 17.3. The van der Waals surface area contributed by atoms with E-state index in [-0.39, 0.29) is 13.0 Å². The maximum Gasteiger partial charge on any atom is 0.344 e. The van der Waals surface area contributed by atoms with E-state index in [1.165, 1.54) is 6.08 Å². The van der Waals surface area contributed by atoms with E-state index < -0.39 is 23.6 Å². The van der Waals surface area contributed by atoms with Gasteiger partial charge in [0.05, 0.1) is 13.7 Å². The summed E-state index contributed by atoms with van der Waals surface area (Å²) in [5.74, 6) is -2.05. The lowest BCUT2D eigenvalue weighted by Gasteiger charge is -2.28. The molecule has 0 aromatic heterocycles. The quantitative estimate of drug-likeness (QED) is 0.527. The van der Waals surface area contributed by atoms with E-state index in [4.69, 9.17) is 4.74 Å². The minimum atomic E-state index is -2.41. The van der Waals surface area contributed by atoms with Crippen LogP contribution in [-0.2, 0) is 23.9 Å². The lowest BCUT2D eigenvalue weighted by atomic mass is 9.92. The third kappa shape index (κ3) is 4.65. The second kappa shape index (κ2) is 8.70. The van der Waals surface area contributed by atoms with Crippen molar-refractivity contribution in [1.82, 2.24) is 5.32 Å². The van der Waals surface area contributed by atoms with Crippen LogP contribution in [0.5, 0.6) is 0 Å². The molecule has 2 N–H and O–H groups in total. The van der Waals surface area contributed by atoms with Gasteiger partial charge in [-0.3, -0.25) is 4.79 Å². The standard InChI is InChI=1S/C16H19NO6/c1-3-23-14(19)13(17-11-18)16(21,15(20)22-2)10-9-12-7-5-4-6-8-12/h4-11,13,21H,3H2,1-2H3,(H,17,18)/b10-9+/t13-,16+/m0/s1. The number of esters is 2. The average Bonchev–Trinajstić information content (AvgIpc) is 2.57. The molecule has 7 heteroatoms. The van der Waals surface area contributed by atoms with Gasteiger partial charge in [0.2, 0.25) is 12.0 Å². The average molecular weight is 321 g/mol. The van der Waals surface area contributed by atoms with E-state index in [1.807, 2.05) is 0 Å². The minimum absolute atomic E-state index is 0.0233. The van der Waals surface area contributed by atoms with Crippen LogP contribution >= 0.6 is 0 Å². The van der Waals surface area contributed by atoms with Crippen molar-refractivity contribution >= 4 is 24.4 Å². The Morgan fingerprint density at radius 3 is 2.52 bits per heavy atom. The van der Waals surface area contributed by atoms with Gasteiger partial charge in [-0.2, -0.15) is 0 Å². The number of methoxy groups -OCH3 is 1. The van der Waals surface area contributed by atoms with Crippen molar-refractivity contribution in [2.45, 2.75) is 18.6 Å². The molecule has 0 aliphatic heterocycles. The molecule has 0 radical (unpaired) electrons. The first-order valence-electron chi connectivity index (χ1n) is 6.91. The Labute approximate surface area is 133 Å². The first kappa shape index (κ1) is 18.4. The highest BCUT2D eigenvalue weighted by atomic mass is 16.5. The molecule has 1 amide bonds. The van der Waals surface area contributed by atoms with Crippen molar-refractivity contribution < 1.29 is 29.0 Å². The summed E-state index contributed by atoms with van der Waals surface area (Å²) in [7, 11) is 1.06. The molecule has 1 rings (SSSR count). The number of benzene rings is 1. The number of ether oxygens (including phenoxy) is 2. The second-order valence-electron chi connectivity index (χ2n) is 4.53. The van der Waals surface area contributed by atoms with Gasteiger partial charge >= 0.3 is 11.9 Å². The van der Waals surface area contributed by atoms with Gasteiger partial charge < -0.3 is 19.9 Å². The highest BCUT2D eigenvalue weighted by molar-refractivity contribution is 5.93. The van der Waals surface area contributed by atoms with Gasteiger partial charge in [0.1, 0.15) is 0 Å². The van der Waals surface area contributed by atoms with Crippen LogP contribution in [0.15, 0.2) is 36.4 Å². The maximum absolute atomic E-state index is 12.0. The molecule has 0 bridgehead atoms. The minimum Gasteiger partial charge on any atom is -0.467 e. The van der Waals surface area contributed by atoms with E-state index in [9.17, 15) is 19.5 Å². The largest absolute Gasteiger partial charge is 0.467 e. The Balaban J connectivity index is 3.22. The highest BCUT2D eigenvalue weighted by Gasteiger charge is 2.48. The molecular formula is C16H19NO6. The maximum atomic E-state index is 12.0. The van der Waals surface area contributed by atoms with Crippen molar-refractivity contribution in [2.24, 2.45) is 0 Å². The predicted octanol–water partition coefficient (Wildman–Crippen LogP) is 0.282.